The summed E-state index contributed by atoms with van der Waals surface area (Å²) in [5.41, 5.74) is -1.04. The van der Waals surface area contributed by atoms with E-state index in [-0.39, 0.29) is 10.5 Å². The highest BCUT2D eigenvalue weighted by Crippen LogP contribution is 2.44. The van der Waals surface area contributed by atoms with Crippen molar-refractivity contribution in [2.75, 3.05) is 0 Å². The van der Waals surface area contributed by atoms with E-state index < -0.39 is 57.1 Å². The molecule has 1 saturated heterocycles. The molecule has 0 radical (unpaired) electrons. The zero-order valence-corrected chi connectivity index (χ0v) is 18.2. The number of likely N-dealkylation sites (tertiary alicyclic amines) is 1. The molecular formula is C22H24FNO6S. The summed E-state index contributed by atoms with van der Waals surface area (Å²) >= 11 is 0. The van der Waals surface area contributed by atoms with Gasteiger partial charge < -0.3 is 9.84 Å². The molecule has 1 aliphatic rings. The summed E-state index contributed by atoms with van der Waals surface area (Å²) in [6.45, 7) is 4.81. The predicted octanol–water partition coefficient (Wildman–Crippen LogP) is 3.80. The van der Waals surface area contributed by atoms with Crippen molar-refractivity contribution in [1.29, 1.82) is 0 Å². The Morgan fingerprint density at radius 3 is 2.19 bits per heavy atom. The van der Waals surface area contributed by atoms with Crippen LogP contribution >= 0.6 is 0 Å². The van der Waals surface area contributed by atoms with Crippen molar-refractivity contribution in [3.05, 3.63) is 66.0 Å². The average Bonchev–Trinajstić information content (AvgIpc) is 3.09. The molecule has 0 aromatic heterocycles. The first-order chi connectivity index (χ1) is 14.4. The molecule has 0 aliphatic carbocycles. The number of sulfone groups is 1. The minimum Gasteiger partial charge on any atom is -0.480 e. The number of amides is 1. The maximum atomic E-state index is 14.8. The summed E-state index contributed by atoms with van der Waals surface area (Å²) in [4.78, 5) is 25.8. The molecule has 2 aromatic rings. The summed E-state index contributed by atoms with van der Waals surface area (Å²) < 4.78 is 47.1. The zero-order valence-electron chi connectivity index (χ0n) is 17.4. The minimum atomic E-state index is -4.11. The number of nitrogens with zero attached hydrogens (tertiary/aromatic N) is 1. The van der Waals surface area contributed by atoms with Crippen LogP contribution in [0.1, 0.15) is 38.8 Å². The topological polar surface area (TPSA) is 101 Å². The highest BCUT2D eigenvalue weighted by Gasteiger charge is 2.54. The van der Waals surface area contributed by atoms with Crippen molar-refractivity contribution in [1.82, 2.24) is 4.90 Å². The third-order valence-corrected chi connectivity index (χ3v) is 7.20. The van der Waals surface area contributed by atoms with Gasteiger partial charge in [-0.15, -0.1) is 0 Å². The zero-order chi connectivity index (χ0) is 23.0. The third-order valence-electron chi connectivity index (χ3n) is 5.03. The molecule has 1 N–H and O–H groups in total. The van der Waals surface area contributed by atoms with Gasteiger partial charge in [0.15, 0.2) is 9.84 Å². The second kappa shape index (κ2) is 8.30. The lowest BCUT2D eigenvalue weighted by molar-refractivity contribution is -0.142. The van der Waals surface area contributed by atoms with Crippen LogP contribution in [0.3, 0.4) is 0 Å². The molecule has 1 heterocycles. The molecular weight excluding hydrogens is 425 g/mol. The Kier molecular flexibility index (Phi) is 6.09. The highest BCUT2D eigenvalue weighted by molar-refractivity contribution is 7.92. The largest absolute Gasteiger partial charge is 0.480 e. The summed E-state index contributed by atoms with van der Waals surface area (Å²) in [5, 5.41) is 8.41. The van der Waals surface area contributed by atoms with E-state index in [1.807, 2.05) is 0 Å². The molecule has 2 aromatic carbocycles. The van der Waals surface area contributed by atoms with Gasteiger partial charge in [0.25, 0.3) is 0 Å². The third kappa shape index (κ3) is 4.56. The van der Waals surface area contributed by atoms with Crippen LogP contribution in [0.25, 0.3) is 0 Å². The van der Waals surface area contributed by atoms with Gasteiger partial charge in [0.05, 0.1) is 16.2 Å². The van der Waals surface area contributed by atoms with Gasteiger partial charge in [0.2, 0.25) is 0 Å². The van der Waals surface area contributed by atoms with Crippen LogP contribution in [-0.4, -0.2) is 47.4 Å². The Labute approximate surface area is 180 Å². The maximum Gasteiger partial charge on any atom is 0.411 e. The molecule has 0 bridgehead atoms. The molecule has 3 atom stereocenters. The molecule has 7 nitrogen and oxygen atoms in total. The number of carbonyl (C=O) groups is 2. The number of carboxylic acids is 1. The number of hydrogen-bond acceptors (Lipinski definition) is 5. The lowest BCUT2D eigenvalue weighted by atomic mass is 10.0. The monoisotopic (exact) mass is 449 g/mol. The van der Waals surface area contributed by atoms with E-state index in [1.165, 1.54) is 30.3 Å². The number of ether oxygens (including phenoxy) is 1. The lowest BCUT2D eigenvalue weighted by Gasteiger charge is -2.32. The van der Waals surface area contributed by atoms with Gasteiger partial charge in [-0.1, -0.05) is 36.4 Å². The Bertz CT molecular complexity index is 1080. The van der Waals surface area contributed by atoms with Crippen LogP contribution < -0.4 is 0 Å². The van der Waals surface area contributed by atoms with Crippen molar-refractivity contribution < 1.29 is 32.2 Å². The first kappa shape index (κ1) is 22.7. The molecule has 31 heavy (non-hydrogen) atoms. The van der Waals surface area contributed by atoms with Crippen LogP contribution in [0, 0.1) is 5.82 Å². The summed E-state index contributed by atoms with van der Waals surface area (Å²) in [7, 11) is -4.11. The van der Waals surface area contributed by atoms with Gasteiger partial charge >= 0.3 is 12.1 Å². The van der Waals surface area contributed by atoms with E-state index in [2.05, 4.69) is 0 Å². The predicted molar refractivity (Wildman–Crippen MR) is 111 cm³/mol. The summed E-state index contributed by atoms with van der Waals surface area (Å²) in [5.74, 6) is -2.13. The van der Waals surface area contributed by atoms with Crippen molar-refractivity contribution in [3.63, 3.8) is 0 Å². The Morgan fingerprint density at radius 2 is 1.65 bits per heavy atom. The van der Waals surface area contributed by atoms with Crippen molar-refractivity contribution in [2.24, 2.45) is 0 Å². The maximum absolute atomic E-state index is 14.8. The van der Waals surface area contributed by atoms with Gasteiger partial charge in [-0.2, -0.15) is 0 Å². The average molecular weight is 450 g/mol. The van der Waals surface area contributed by atoms with Crippen LogP contribution in [0.2, 0.25) is 0 Å². The molecule has 3 unspecified atom stereocenters. The molecule has 9 heteroatoms. The Morgan fingerprint density at radius 1 is 1.06 bits per heavy atom. The van der Waals surface area contributed by atoms with E-state index in [0.29, 0.717) is 0 Å². The minimum absolute atomic E-state index is 0.0310. The SMILES string of the molecule is CC(C)(C)OC(=O)N1C(C(=O)O)CC(S(=O)(=O)c2ccccc2)C1c1ccccc1F. The first-order valence-electron chi connectivity index (χ1n) is 9.71. The Hall–Kier alpha value is -2.94. The molecule has 3 rings (SSSR count). The van der Waals surface area contributed by atoms with Crippen molar-refractivity contribution in [3.8, 4) is 0 Å². The van der Waals surface area contributed by atoms with Gasteiger partial charge in [0, 0.05) is 5.56 Å². The normalized spacial score (nSPS) is 21.7. The van der Waals surface area contributed by atoms with Crippen LogP contribution in [0.15, 0.2) is 59.5 Å². The van der Waals surface area contributed by atoms with Gasteiger partial charge in [-0.3, -0.25) is 4.90 Å². The fraction of sp³-hybridized carbons (Fsp3) is 0.364. The standard InChI is InChI=1S/C22H24FNO6S/c1-22(2,3)30-21(27)24-17(20(25)26)13-18(19(24)15-11-7-8-12-16(15)23)31(28,29)14-9-5-4-6-10-14/h4-12,17-19H,13H2,1-3H3,(H,25,26). The number of rotatable bonds is 4. The van der Waals surface area contributed by atoms with E-state index in [9.17, 15) is 27.5 Å². The highest BCUT2D eigenvalue weighted by atomic mass is 32.2. The van der Waals surface area contributed by atoms with Gasteiger partial charge in [-0.25, -0.2) is 22.4 Å². The number of aliphatic carboxylic acids is 1. The lowest BCUT2D eigenvalue weighted by Crippen LogP contribution is -2.45. The fourth-order valence-corrected chi connectivity index (χ4v) is 5.70. The molecule has 166 valence electrons. The van der Waals surface area contributed by atoms with Crippen LogP contribution in [0.4, 0.5) is 9.18 Å². The van der Waals surface area contributed by atoms with E-state index in [4.69, 9.17) is 4.74 Å². The quantitative estimate of drug-likeness (QED) is 0.762. The summed E-state index contributed by atoms with van der Waals surface area (Å²) in [6, 6.07) is 10.1. The molecule has 1 amide bonds. The first-order valence-corrected chi connectivity index (χ1v) is 11.3. The Balaban J connectivity index is 2.19. The molecule has 1 aliphatic heterocycles. The second-order valence-electron chi connectivity index (χ2n) is 8.34. The smallest absolute Gasteiger partial charge is 0.411 e. The molecule has 0 saturated carbocycles. The molecule has 1 fully saturated rings. The summed E-state index contributed by atoms with van der Waals surface area (Å²) in [6.07, 6.45) is -1.41. The van der Waals surface area contributed by atoms with Gasteiger partial charge in [0.1, 0.15) is 17.5 Å². The fourth-order valence-electron chi connectivity index (χ4n) is 3.76. The van der Waals surface area contributed by atoms with E-state index in [1.54, 1.807) is 39.0 Å². The number of benzene rings is 2. The number of hydrogen-bond donors (Lipinski definition) is 1. The van der Waals surface area contributed by atoms with Crippen molar-refractivity contribution >= 4 is 21.9 Å². The number of carboxylic acid groups (broad SMARTS) is 1. The van der Waals surface area contributed by atoms with Crippen LogP contribution in [-0.2, 0) is 19.4 Å². The number of halogens is 1. The number of carbonyl (C=O) groups excluding carboxylic acids is 1. The van der Waals surface area contributed by atoms with E-state index in [0.717, 1.165) is 11.0 Å². The van der Waals surface area contributed by atoms with Crippen molar-refractivity contribution in [2.45, 2.75) is 55.0 Å². The second-order valence-corrected chi connectivity index (χ2v) is 10.5. The van der Waals surface area contributed by atoms with Gasteiger partial charge in [-0.05, 0) is 45.4 Å². The molecule has 0 spiro atoms. The van der Waals surface area contributed by atoms with E-state index >= 15 is 0 Å². The van der Waals surface area contributed by atoms with Crippen LogP contribution in [0.5, 0.6) is 0 Å².